The molecule has 18 heteroatoms. The summed E-state index contributed by atoms with van der Waals surface area (Å²) in [6, 6.07) is 31.8. The van der Waals surface area contributed by atoms with Gasteiger partial charge in [-0.15, -0.1) is 13.2 Å². The molecule has 0 aliphatic carbocycles. The van der Waals surface area contributed by atoms with E-state index in [4.69, 9.17) is 18.9 Å². The molecule has 0 saturated heterocycles. The monoisotopic (exact) mass is 978 g/mol. The van der Waals surface area contributed by atoms with Gasteiger partial charge in [0.05, 0.1) is 14.2 Å². The molecule has 2 heterocycles. The van der Waals surface area contributed by atoms with Crippen molar-refractivity contribution in [2.45, 2.75) is 84.9 Å². The van der Waals surface area contributed by atoms with Crippen molar-refractivity contribution in [3.8, 4) is 29.0 Å². The summed E-state index contributed by atoms with van der Waals surface area (Å²) in [4.78, 5) is 58.0. The van der Waals surface area contributed by atoms with E-state index >= 15 is 0 Å². The maximum Gasteiger partial charge on any atom is 0.573 e. The van der Waals surface area contributed by atoms with Crippen molar-refractivity contribution >= 4 is 46.8 Å². The summed E-state index contributed by atoms with van der Waals surface area (Å²) in [6.07, 6.45) is -4.82. The number of urea groups is 2. The molecule has 0 bridgehead atoms. The fourth-order valence-corrected chi connectivity index (χ4v) is 6.58. The van der Waals surface area contributed by atoms with Gasteiger partial charge in [0.15, 0.2) is 11.4 Å². The number of carbonyl (C=O) groups is 4. The standard InChI is InChI=1S/C28H33N3O4.C25H24F3N3O5/c1-27(2,3)18-12-14-19(15-13-18)29-26(33)31-21-16-17-22(25(32)34-7)30-24(21)35-23-11-9-8-10-20(23)28(4,5)6;1-24(2,3)17-7-5-6-8-20(17)35-21-18(13-14-19(30-21)22(32)34-4)31-23(33)29-15-9-11-16(12-10-15)36-25(26,27)28/h8-17H,1-7H3,(H2,29,31,33);5-14H,1-4H3,(H2,29,31,33). The Kier molecular flexibility index (Phi) is 17.1. The lowest BCUT2D eigenvalue weighted by Crippen LogP contribution is -2.21. The molecular weight excluding hydrogens is 922 g/mol. The molecule has 0 aliphatic heterocycles. The number of hydrogen-bond acceptors (Lipinski definition) is 11. The highest BCUT2D eigenvalue weighted by atomic mass is 19.4. The highest BCUT2D eigenvalue weighted by Gasteiger charge is 2.31. The Labute approximate surface area is 410 Å². The van der Waals surface area contributed by atoms with Crippen LogP contribution in [0.5, 0.6) is 29.0 Å². The van der Waals surface area contributed by atoms with E-state index in [1.807, 2.05) is 81.4 Å². The van der Waals surface area contributed by atoms with Gasteiger partial charge in [-0.25, -0.2) is 29.1 Å². The Morgan fingerprint density at radius 2 is 0.845 bits per heavy atom. The number of carbonyl (C=O) groups excluding carboxylic acids is 4. The predicted octanol–water partition coefficient (Wildman–Crippen LogP) is 13.4. The van der Waals surface area contributed by atoms with Crippen molar-refractivity contribution < 1.29 is 56.0 Å². The molecule has 0 spiro atoms. The van der Waals surface area contributed by atoms with Crippen molar-refractivity contribution in [3.63, 3.8) is 0 Å². The number of aromatic nitrogens is 2. The second-order valence-corrected chi connectivity index (χ2v) is 18.8. The summed E-state index contributed by atoms with van der Waals surface area (Å²) in [5, 5.41) is 10.7. The maximum absolute atomic E-state index is 12.8. The van der Waals surface area contributed by atoms with Crippen LogP contribution in [0.4, 0.5) is 45.5 Å². The van der Waals surface area contributed by atoms with E-state index in [9.17, 15) is 32.3 Å². The number of hydrogen-bond donors (Lipinski definition) is 4. The number of pyridine rings is 2. The van der Waals surface area contributed by atoms with Gasteiger partial charge in [-0.05, 0) is 94.6 Å². The summed E-state index contributed by atoms with van der Waals surface area (Å²) < 4.78 is 62.5. The van der Waals surface area contributed by atoms with Gasteiger partial charge >= 0.3 is 30.4 Å². The molecular formula is C53H57F3N6O9. The first-order valence-corrected chi connectivity index (χ1v) is 22.1. The summed E-state index contributed by atoms with van der Waals surface area (Å²) >= 11 is 0. The fourth-order valence-electron chi connectivity index (χ4n) is 6.58. The van der Waals surface area contributed by atoms with Crippen LogP contribution < -0.4 is 35.5 Å². The van der Waals surface area contributed by atoms with Gasteiger partial charge < -0.3 is 45.0 Å². The summed E-state index contributed by atoms with van der Waals surface area (Å²) in [7, 11) is 2.49. The molecule has 0 unspecified atom stereocenters. The van der Waals surface area contributed by atoms with Crippen molar-refractivity contribution in [1.82, 2.24) is 9.97 Å². The van der Waals surface area contributed by atoms with Crippen LogP contribution in [-0.2, 0) is 25.7 Å². The Bertz CT molecular complexity index is 2840. The molecule has 4 N–H and O–H groups in total. The molecule has 4 amide bonds. The van der Waals surface area contributed by atoms with Crippen LogP contribution in [0.3, 0.4) is 0 Å². The third-order valence-corrected chi connectivity index (χ3v) is 10.2. The zero-order valence-electron chi connectivity index (χ0n) is 41.2. The average Bonchev–Trinajstić information content (AvgIpc) is 3.29. The largest absolute Gasteiger partial charge is 0.573 e. The number of esters is 2. The minimum absolute atomic E-state index is 0.0173. The molecule has 0 fully saturated rings. The highest BCUT2D eigenvalue weighted by Crippen LogP contribution is 2.38. The first-order chi connectivity index (χ1) is 33.2. The lowest BCUT2D eigenvalue weighted by Gasteiger charge is -2.23. The number of ether oxygens (including phenoxy) is 5. The highest BCUT2D eigenvalue weighted by molar-refractivity contribution is 6.02. The van der Waals surface area contributed by atoms with E-state index in [-0.39, 0.29) is 50.8 Å². The maximum atomic E-state index is 12.8. The fraction of sp³-hybridized carbons (Fsp3) is 0.283. The van der Waals surface area contributed by atoms with Crippen molar-refractivity contribution in [1.29, 1.82) is 0 Å². The molecule has 0 aliphatic rings. The number of benzene rings is 4. The smallest absolute Gasteiger partial charge is 0.464 e. The number of nitrogens with zero attached hydrogens (tertiary/aromatic N) is 2. The lowest BCUT2D eigenvalue weighted by atomic mass is 9.86. The second kappa shape index (κ2) is 22.5. The number of alkyl halides is 3. The molecule has 4 aromatic carbocycles. The van der Waals surface area contributed by atoms with Crippen LogP contribution in [0.15, 0.2) is 121 Å². The second-order valence-electron chi connectivity index (χ2n) is 18.8. The third-order valence-electron chi connectivity index (χ3n) is 10.2. The van der Waals surface area contributed by atoms with Crippen molar-refractivity contribution in [2.24, 2.45) is 0 Å². The average molecular weight is 979 g/mol. The summed E-state index contributed by atoms with van der Waals surface area (Å²) in [5.41, 5.74) is 3.88. The number of amides is 4. The van der Waals surface area contributed by atoms with Crippen LogP contribution in [0, 0.1) is 0 Å². The van der Waals surface area contributed by atoms with E-state index < -0.39 is 36.1 Å². The topological polar surface area (TPSA) is 188 Å². The van der Waals surface area contributed by atoms with E-state index in [0.717, 1.165) is 23.3 Å². The van der Waals surface area contributed by atoms with E-state index in [2.05, 4.69) is 77.5 Å². The van der Waals surface area contributed by atoms with Gasteiger partial charge in [0.2, 0.25) is 11.8 Å². The van der Waals surface area contributed by atoms with E-state index in [0.29, 0.717) is 22.9 Å². The van der Waals surface area contributed by atoms with Crippen LogP contribution in [-0.4, -0.2) is 54.6 Å². The Balaban J connectivity index is 0.000000264. The molecule has 6 aromatic rings. The molecule has 374 valence electrons. The lowest BCUT2D eigenvalue weighted by molar-refractivity contribution is -0.274. The zero-order chi connectivity index (χ0) is 52.3. The third kappa shape index (κ3) is 15.7. The number of halogens is 3. The normalized spacial score (nSPS) is 11.5. The SMILES string of the molecule is COC(=O)c1ccc(NC(=O)Nc2ccc(C(C)(C)C)cc2)c(Oc2ccccc2C(C)(C)C)n1.COC(=O)c1ccc(NC(=O)Nc2ccc(OC(F)(F)F)cc2)c(Oc2ccccc2C(C)(C)C)n1. The van der Waals surface area contributed by atoms with Crippen LogP contribution in [0.1, 0.15) is 100.0 Å². The van der Waals surface area contributed by atoms with Crippen molar-refractivity contribution in [2.75, 3.05) is 35.5 Å². The number of nitrogens with one attached hydrogen (secondary N) is 4. The quantitative estimate of drug-likeness (QED) is 0.0904. The van der Waals surface area contributed by atoms with Crippen LogP contribution in [0.2, 0.25) is 0 Å². The van der Waals surface area contributed by atoms with E-state index in [1.54, 1.807) is 18.2 Å². The Morgan fingerprint density at radius 1 is 0.465 bits per heavy atom. The molecule has 71 heavy (non-hydrogen) atoms. The minimum atomic E-state index is -4.82. The molecule has 15 nitrogen and oxygen atoms in total. The molecule has 0 radical (unpaired) electrons. The Hall–Kier alpha value is -8.15. The van der Waals surface area contributed by atoms with Gasteiger partial charge in [0.1, 0.15) is 28.6 Å². The first-order valence-electron chi connectivity index (χ1n) is 22.1. The molecule has 6 rings (SSSR count). The van der Waals surface area contributed by atoms with Gasteiger partial charge in [-0.3, -0.25) is 0 Å². The predicted molar refractivity (Wildman–Crippen MR) is 265 cm³/mol. The van der Waals surface area contributed by atoms with Gasteiger partial charge in [-0.2, -0.15) is 0 Å². The zero-order valence-corrected chi connectivity index (χ0v) is 41.2. The minimum Gasteiger partial charge on any atom is -0.464 e. The number of rotatable bonds is 11. The van der Waals surface area contributed by atoms with E-state index in [1.165, 1.54) is 50.1 Å². The number of anilines is 4. The summed E-state index contributed by atoms with van der Waals surface area (Å²) in [5.74, 6) is -0.639. The van der Waals surface area contributed by atoms with Crippen LogP contribution in [0.25, 0.3) is 0 Å². The molecule has 2 aromatic heterocycles. The molecule has 0 atom stereocenters. The summed E-state index contributed by atoms with van der Waals surface area (Å²) in [6.45, 7) is 18.6. The van der Waals surface area contributed by atoms with Crippen molar-refractivity contribution in [3.05, 3.63) is 149 Å². The number of para-hydroxylation sites is 2. The number of methoxy groups -OCH3 is 2. The van der Waals surface area contributed by atoms with Gasteiger partial charge in [0.25, 0.3) is 0 Å². The first kappa shape index (κ1) is 53.8. The molecule has 0 saturated carbocycles. The van der Waals surface area contributed by atoms with Gasteiger partial charge in [0, 0.05) is 22.5 Å². The van der Waals surface area contributed by atoms with Crippen LogP contribution >= 0.6 is 0 Å². The van der Waals surface area contributed by atoms with Gasteiger partial charge in [-0.1, -0.05) is 111 Å². The Morgan fingerprint density at radius 3 is 1.20 bits per heavy atom.